The Bertz CT molecular complexity index is 738. The predicted molar refractivity (Wildman–Crippen MR) is 87.7 cm³/mol. The van der Waals surface area contributed by atoms with Gasteiger partial charge in [0.2, 0.25) is 0 Å². The monoisotopic (exact) mass is 404 g/mol. The summed E-state index contributed by atoms with van der Waals surface area (Å²) in [5.41, 5.74) is 1.21. The molecule has 1 aliphatic rings. The Morgan fingerprint density at radius 1 is 1.29 bits per heavy atom. The molecule has 3 rings (SSSR count). The van der Waals surface area contributed by atoms with Crippen LogP contribution in [-0.4, -0.2) is 28.2 Å². The first-order chi connectivity index (χ1) is 11.3. The summed E-state index contributed by atoms with van der Waals surface area (Å²) in [6.45, 7) is 0. The summed E-state index contributed by atoms with van der Waals surface area (Å²) in [4.78, 5) is 19.2. The number of pyridine rings is 1. The fraction of sp³-hybridized carbons (Fsp3) is 0.467. The van der Waals surface area contributed by atoms with Crippen LogP contribution < -0.4 is 10.6 Å². The van der Waals surface area contributed by atoms with E-state index in [9.17, 15) is 18.0 Å². The van der Waals surface area contributed by atoms with E-state index in [0.29, 0.717) is 24.2 Å². The van der Waals surface area contributed by atoms with Gasteiger partial charge in [-0.3, -0.25) is 0 Å². The van der Waals surface area contributed by atoms with Crippen molar-refractivity contribution in [3.05, 3.63) is 22.9 Å². The Morgan fingerprint density at radius 3 is 2.67 bits per heavy atom. The van der Waals surface area contributed by atoms with E-state index in [0.717, 1.165) is 9.86 Å². The number of rotatable bonds is 2. The van der Waals surface area contributed by atoms with Crippen molar-refractivity contribution in [2.75, 3.05) is 5.32 Å². The number of halogens is 4. The number of hydrogen-bond donors (Lipinski definition) is 3. The van der Waals surface area contributed by atoms with E-state index in [1.165, 1.54) is 0 Å². The first kappa shape index (κ1) is 17.1. The average Bonchev–Trinajstić information content (AvgIpc) is 2.89. The normalized spacial score (nSPS) is 21.7. The summed E-state index contributed by atoms with van der Waals surface area (Å²) in [6.07, 6.45) is -0.0996. The van der Waals surface area contributed by atoms with Crippen LogP contribution in [0.1, 0.15) is 25.7 Å². The maximum atomic E-state index is 12.7. The number of carbonyl (C=O) groups excluding carboxylic acids is 1. The molecule has 0 bridgehead atoms. The molecule has 1 aliphatic carbocycles. The first-order valence-electron chi connectivity index (χ1n) is 7.60. The Morgan fingerprint density at radius 2 is 2.00 bits per heavy atom. The van der Waals surface area contributed by atoms with Crippen molar-refractivity contribution in [2.45, 2.75) is 37.9 Å². The second-order valence-corrected chi connectivity index (χ2v) is 6.86. The van der Waals surface area contributed by atoms with Crippen LogP contribution >= 0.6 is 15.9 Å². The Kier molecular flexibility index (Phi) is 4.71. The summed E-state index contributed by atoms with van der Waals surface area (Å²) >= 11 is 3.32. The molecule has 0 aliphatic heterocycles. The van der Waals surface area contributed by atoms with Crippen molar-refractivity contribution in [3.63, 3.8) is 0 Å². The van der Waals surface area contributed by atoms with Crippen molar-refractivity contribution < 1.29 is 18.0 Å². The number of fused-ring (bicyclic) bond motifs is 1. The van der Waals surface area contributed by atoms with Crippen molar-refractivity contribution in [3.8, 4) is 0 Å². The third-order valence-corrected chi connectivity index (χ3v) is 4.70. The van der Waals surface area contributed by atoms with Crippen LogP contribution in [0.25, 0.3) is 11.0 Å². The molecule has 2 aromatic heterocycles. The number of hydrogen-bond acceptors (Lipinski definition) is 2. The minimum Gasteiger partial charge on any atom is -0.344 e. The van der Waals surface area contributed by atoms with Gasteiger partial charge in [0.05, 0.1) is 11.6 Å². The minimum absolute atomic E-state index is 0.0540. The maximum absolute atomic E-state index is 12.7. The molecule has 0 aromatic carbocycles. The number of aromatic nitrogens is 2. The van der Waals surface area contributed by atoms with Gasteiger partial charge in [-0.05, 0) is 47.7 Å². The number of alkyl halides is 3. The molecule has 2 aromatic rings. The lowest BCUT2D eigenvalue weighted by Gasteiger charge is -2.30. The second kappa shape index (κ2) is 6.62. The van der Waals surface area contributed by atoms with Crippen LogP contribution in [0.4, 0.5) is 23.7 Å². The lowest BCUT2D eigenvalue weighted by atomic mass is 9.86. The number of urea groups is 1. The number of H-pyrrole nitrogens is 1. The highest BCUT2D eigenvalue weighted by Crippen LogP contribution is 2.37. The van der Waals surface area contributed by atoms with Gasteiger partial charge in [-0.15, -0.1) is 0 Å². The molecule has 3 N–H and O–H groups in total. The van der Waals surface area contributed by atoms with Gasteiger partial charge < -0.3 is 15.6 Å². The molecule has 2 amide bonds. The molecule has 0 atom stereocenters. The van der Waals surface area contributed by atoms with Crippen molar-refractivity contribution >= 4 is 38.7 Å². The molecule has 5 nitrogen and oxygen atoms in total. The van der Waals surface area contributed by atoms with Crippen LogP contribution in [0.2, 0.25) is 0 Å². The Balaban J connectivity index is 1.57. The molecule has 0 unspecified atom stereocenters. The quantitative estimate of drug-likeness (QED) is 0.685. The van der Waals surface area contributed by atoms with Crippen molar-refractivity contribution in [1.29, 1.82) is 0 Å². The zero-order chi connectivity index (χ0) is 17.3. The van der Waals surface area contributed by atoms with E-state index in [4.69, 9.17) is 0 Å². The van der Waals surface area contributed by atoms with Crippen LogP contribution in [0, 0.1) is 5.92 Å². The fourth-order valence-corrected chi connectivity index (χ4v) is 3.32. The number of anilines is 1. The molecular weight excluding hydrogens is 389 g/mol. The molecule has 24 heavy (non-hydrogen) atoms. The standard InChI is InChI=1S/C15H16BrF3N4O/c16-9-5-11-12(7-21-13(11)20-6-9)23-14(24)22-10-3-1-8(2-4-10)15(17,18)19/h5-8,10H,1-4H2,(H,20,21)(H2,22,23,24). The van der Waals surface area contributed by atoms with Gasteiger partial charge in [-0.25, -0.2) is 9.78 Å². The minimum atomic E-state index is -4.14. The summed E-state index contributed by atoms with van der Waals surface area (Å²) in [7, 11) is 0. The van der Waals surface area contributed by atoms with E-state index < -0.39 is 18.1 Å². The molecule has 1 saturated carbocycles. The SMILES string of the molecule is O=C(Nc1c[nH]c2ncc(Br)cc12)NC1CCC(C(F)(F)F)CC1. The largest absolute Gasteiger partial charge is 0.391 e. The fourth-order valence-electron chi connectivity index (χ4n) is 2.99. The molecule has 0 radical (unpaired) electrons. The molecule has 9 heteroatoms. The molecule has 1 fully saturated rings. The van der Waals surface area contributed by atoms with Gasteiger partial charge in [0.1, 0.15) is 5.65 Å². The number of amides is 2. The highest BCUT2D eigenvalue weighted by atomic mass is 79.9. The van der Waals surface area contributed by atoms with Gasteiger partial charge in [0.15, 0.2) is 0 Å². The van der Waals surface area contributed by atoms with Crippen molar-refractivity contribution in [2.24, 2.45) is 5.92 Å². The van der Waals surface area contributed by atoms with E-state index in [1.807, 2.05) is 6.07 Å². The first-order valence-corrected chi connectivity index (χ1v) is 8.39. The summed E-state index contributed by atoms with van der Waals surface area (Å²) in [5.74, 6) is -1.25. The number of nitrogens with zero attached hydrogens (tertiary/aromatic N) is 1. The second-order valence-electron chi connectivity index (χ2n) is 5.94. The summed E-state index contributed by atoms with van der Waals surface area (Å²) in [6, 6.07) is 1.16. The maximum Gasteiger partial charge on any atom is 0.391 e. The van der Waals surface area contributed by atoms with Crippen LogP contribution in [0.5, 0.6) is 0 Å². The topological polar surface area (TPSA) is 69.8 Å². The number of nitrogens with one attached hydrogen (secondary N) is 3. The lowest BCUT2D eigenvalue weighted by molar-refractivity contribution is -0.182. The Labute approximate surface area is 144 Å². The third-order valence-electron chi connectivity index (χ3n) is 4.27. The highest BCUT2D eigenvalue weighted by Gasteiger charge is 2.41. The van der Waals surface area contributed by atoms with E-state index in [1.54, 1.807) is 12.4 Å². The van der Waals surface area contributed by atoms with Gasteiger partial charge in [0, 0.05) is 28.3 Å². The zero-order valence-electron chi connectivity index (χ0n) is 12.6. The summed E-state index contributed by atoms with van der Waals surface area (Å²) in [5, 5.41) is 6.21. The van der Waals surface area contributed by atoms with Gasteiger partial charge in [-0.1, -0.05) is 0 Å². The number of aromatic amines is 1. The number of carbonyl (C=O) groups is 1. The lowest BCUT2D eigenvalue weighted by Crippen LogP contribution is -2.41. The van der Waals surface area contributed by atoms with Crippen LogP contribution in [-0.2, 0) is 0 Å². The predicted octanol–water partition coefficient (Wildman–Crippen LogP) is 4.57. The van der Waals surface area contributed by atoms with Crippen LogP contribution in [0.3, 0.4) is 0 Å². The molecular formula is C15H16BrF3N4O. The average molecular weight is 405 g/mol. The smallest absolute Gasteiger partial charge is 0.344 e. The van der Waals surface area contributed by atoms with Gasteiger partial charge in [0.25, 0.3) is 0 Å². The van der Waals surface area contributed by atoms with E-state index in [-0.39, 0.29) is 18.9 Å². The zero-order valence-corrected chi connectivity index (χ0v) is 14.2. The Hall–Kier alpha value is -1.77. The van der Waals surface area contributed by atoms with E-state index in [2.05, 4.69) is 36.5 Å². The van der Waals surface area contributed by atoms with Crippen LogP contribution in [0.15, 0.2) is 22.9 Å². The van der Waals surface area contributed by atoms with Gasteiger partial charge in [-0.2, -0.15) is 13.2 Å². The molecule has 0 spiro atoms. The molecule has 2 heterocycles. The van der Waals surface area contributed by atoms with E-state index >= 15 is 0 Å². The highest BCUT2D eigenvalue weighted by molar-refractivity contribution is 9.10. The van der Waals surface area contributed by atoms with Gasteiger partial charge >= 0.3 is 12.2 Å². The molecule has 130 valence electrons. The molecule has 0 saturated heterocycles. The third kappa shape index (κ3) is 3.82. The summed E-state index contributed by atoms with van der Waals surface area (Å²) < 4.78 is 38.7. The van der Waals surface area contributed by atoms with Crippen molar-refractivity contribution in [1.82, 2.24) is 15.3 Å².